The van der Waals surface area contributed by atoms with E-state index in [0.29, 0.717) is 17.4 Å². The molecule has 1 heterocycles. The minimum atomic E-state index is -3.33. The minimum Gasteiger partial charge on any atom is -0.211 e. The minimum absolute atomic E-state index is 0.308. The topological polar surface area (TPSA) is 46.2 Å². The van der Waals surface area contributed by atoms with E-state index in [1.165, 1.54) is 11.3 Å². The Kier molecular flexibility index (Phi) is 4.34. The third kappa shape index (κ3) is 3.55. The van der Waals surface area contributed by atoms with Gasteiger partial charge >= 0.3 is 0 Å². The van der Waals surface area contributed by atoms with Crippen molar-refractivity contribution in [2.45, 2.75) is 25.7 Å². The number of rotatable bonds is 4. The number of halogens is 1. The molecule has 0 aliphatic carbocycles. The van der Waals surface area contributed by atoms with Gasteiger partial charge in [-0.1, -0.05) is 13.8 Å². The SMILES string of the molecule is Cc1sc(Br)cc1S(=O)(=O)NCC(C)C. The highest BCUT2D eigenvalue weighted by atomic mass is 79.9. The number of thiophene rings is 1. The van der Waals surface area contributed by atoms with E-state index in [4.69, 9.17) is 0 Å². The third-order valence-corrected chi connectivity index (χ3v) is 5.05. The molecule has 0 spiro atoms. The summed E-state index contributed by atoms with van der Waals surface area (Å²) in [6, 6.07) is 1.64. The zero-order valence-corrected chi connectivity index (χ0v) is 12.1. The van der Waals surface area contributed by atoms with Crippen LogP contribution < -0.4 is 4.72 Å². The molecule has 15 heavy (non-hydrogen) atoms. The van der Waals surface area contributed by atoms with E-state index in [-0.39, 0.29) is 0 Å². The highest BCUT2D eigenvalue weighted by molar-refractivity contribution is 9.11. The van der Waals surface area contributed by atoms with Crippen LogP contribution in [0.15, 0.2) is 14.7 Å². The average molecular weight is 312 g/mol. The van der Waals surface area contributed by atoms with Crippen molar-refractivity contribution in [3.05, 3.63) is 14.7 Å². The van der Waals surface area contributed by atoms with Gasteiger partial charge in [-0.05, 0) is 34.8 Å². The van der Waals surface area contributed by atoms with Crippen molar-refractivity contribution in [1.29, 1.82) is 0 Å². The zero-order valence-electron chi connectivity index (χ0n) is 8.87. The van der Waals surface area contributed by atoms with Gasteiger partial charge in [0.25, 0.3) is 0 Å². The number of nitrogens with one attached hydrogen (secondary N) is 1. The lowest BCUT2D eigenvalue weighted by Crippen LogP contribution is -2.27. The molecule has 0 saturated carbocycles. The first-order valence-electron chi connectivity index (χ1n) is 4.58. The number of hydrogen-bond donors (Lipinski definition) is 1. The third-order valence-electron chi connectivity index (χ3n) is 1.81. The Bertz CT molecular complexity index is 437. The molecule has 1 N–H and O–H groups in total. The lowest BCUT2D eigenvalue weighted by atomic mass is 10.2. The van der Waals surface area contributed by atoms with Crippen LogP contribution in [0.2, 0.25) is 0 Å². The van der Waals surface area contributed by atoms with Gasteiger partial charge in [-0.25, -0.2) is 13.1 Å². The summed E-state index contributed by atoms with van der Waals surface area (Å²) in [6.45, 7) is 6.21. The van der Waals surface area contributed by atoms with Gasteiger partial charge in [-0.15, -0.1) is 11.3 Å². The number of hydrogen-bond acceptors (Lipinski definition) is 3. The monoisotopic (exact) mass is 311 g/mol. The Morgan fingerprint density at radius 3 is 2.53 bits per heavy atom. The van der Waals surface area contributed by atoms with Crippen LogP contribution in [0.5, 0.6) is 0 Å². The summed E-state index contributed by atoms with van der Waals surface area (Å²) in [5.41, 5.74) is 0. The molecule has 1 aromatic heterocycles. The van der Waals surface area contributed by atoms with E-state index in [1.54, 1.807) is 13.0 Å². The van der Waals surface area contributed by atoms with E-state index < -0.39 is 10.0 Å². The van der Waals surface area contributed by atoms with Crippen LogP contribution in [0, 0.1) is 12.8 Å². The van der Waals surface area contributed by atoms with E-state index in [2.05, 4.69) is 20.7 Å². The maximum absolute atomic E-state index is 11.8. The molecule has 86 valence electrons. The fraction of sp³-hybridized carbons (Fsp3) is 0.556. The summed E-state index contributed by atoms with van der Waals surface area (Å²) in [5.74, 6) is 0.308. The summed E-state index contributed by atoms with van der Waals surface area (Å²) in [4.78, 5) is 1.18. The van der Waals surface area contributed by atoms with Crippen LogP contribution in [-0.4, -0.2) is 15.0 Å². The van der Waals surface area contributed by atoms with Crippen molar-refractivity contribution in [2.24, 2.45) is 5.92 Å². The van der Waals surface area contributed by atoms with Crippen molar-refractivity contribution in [1.82, 2.24) is 4.72 Å². The van der Waals surface area contributed by atoms with Gasteiger partial charge in [0.15, 0.2) is 0 Å². The Morgan fingerprint density at radius 2 is 2.13 bits per heavy atom. The van der Waals surface area contributed by atoms with Crippen LogP contribution in [0.3, 0.4) is 0 Å². The van der Waals surface area contributed by atoms with Crippen molar-refractivity contribution in [2.75, 3.05) is 6.54 Å². The van der Waals surface area contributed by atoms with Gasteiger partial charge in [0.05, 0.1) is 8.68 Å². The highest BCUT2D eigenvalue weighted by Crippen LogP contribution is 2.29. The van der Waals surface area contributed by atoms with Gasteiger partial charge in [-0.3, -0.25) is 0 Å². The molecular weight excluding hydrogens is 298 g/mol. The smallest absolute Gasteiger partial charge is 0.211 e. The molecule has 3 nitrogen and oxygen atoms in total. The van der Waals surface area contributed by atoms with Crippen LogP contribution >= 0.6 is 27.3 Å². The largest absolute Gasteiger partial charge is 0.241 e. The van der Waals surface area contributed by atoms with Crippen molar-refractivity contribution in [3.63, 3.8) is 0 Å². The fourth-order valence-corrected chi connectivity index (χ4v) is 4.68. The standard InChI is InChI=1S/C9H14BrNO2S2/c1-6(2)5-11-15(12,13)8-4-9(10)14-7(8)3/h4,6,11H,5H2,1-3H3. The van der Waals surface area contributed by atoms with E-state index >= 15 is 0 Å². The summed E-state index contributed by atoms with van der Waals surface area (Å²) in [5, 5.41) is 0. The second-order valence-corrected chi connectivity index (χ2v) is 8.09. The maximum Gasteiger partial charge on any atom is 0.241 e. The molecule has 6 heteroatoms. The van der Waals surface area contributed by atoms with Crippen molar-refractivity contribution < 1.29 is 8.42 Å². The first-order valence-corrected chi connectivity index (χ1v) is 7.68. The Hall–Kier alpha value is 0.0900. The molecule has 0 unspecified atom stereocenters. The quantitative estimate of drug-likeness (QED) is 0.929. The molecular formula is C9H14BrNO2S2. The first kappa shape index (κ1) is 13.2. The second-order valence-electron chi connectivity index (χ2n) is 3.72. The molecule has 0 atom stereocenters. The molecule has 0 fully saturated rings. The van der Waals surface area contributed by atoms with Crippen molar-refractivity contribution in [3.8, 4) is 0 Å². The molecule has 0 aliphatic heterocycles. The van der Waals surface area contributed by atoms with E-state index in [1.807, 2.05) is 13.8 Å². The summed E-state index contributed by atoms with van der Waals surface area (Å²) in [7, 11) is -3.33. The maximum atomic E-state index is 11.8. The molecule has 0 radical (unpaired) electrons. The fourth-order valence-electron chi connectivity index (χ4n) is 1.05. The lowest BCUT2D eigenvalue weighted by molar-refractivity contribution is 0.560. The Labute approximate surface area is 103 Å². The molecule has 0 amide bonds. The van der Waals surface area contributed by atoms with Crippen LogP contribution in [0.25, 0.3) is 0 Å². The summed E-state index contributed by atoms with van der Waals surface area (Å²) >= 11 is 4.71. The molecule has 1 rings (SSSR count). The van der Waals surface area contributed by atoms with E-state index in [0.717, 1.165) is 8.66 Å². The Morgan fingerprint density at radius 1 is 1.53 bits per heavy atom. The first-order chi connectivity index (χ1) is 6.83. The van der Waals surface area contributed by atoms with Gasteiger partial charge < -0.3 is 0 Å². The summed E-state index contributed by atoms with van der Waals surface area (Å²) in [6.07, 6.45) is 0. The molecule has 1 aromatic rings. The predicted octanol–water partition coefficient (Wildman–Crippen LogP) is 2.75. The van der Waals surface area contributed by atoms with Gasteiger partial charge in [-0.2, -0.15) is 0 Å². The number of sulfonamides is 1. The second kappa shape index (κ2) is 4.95. The van der Waals surface area contributed by atoms with Crippen LogP contribution in [-0.2, 0) is 10.0 Å². The van der Waals surface area contributed by atoms with Gasteiger partial charge in [0, 0.05) is 11.4 Å². The highest BCUT2D eigenvalue weighted by Gasteiger charge is 2.19. The molecule has 0 saturated heterocycles. The van der Waals surface area contributed by atoms with Crippen LogP contribution in [0.1, 0.15) is 18.7 Å². The average Bonchev–Trinajstić information content (AvgIpc) is 2.43. The van der Waals surface area contributed by atoms with Gasteiger partial charge in [0.2, 0.25) is 10.0 Å². The number of aryl methyl sites for hydroxylation is 1. The van der Waals surface area contributed by atoms with E-state index in [9.17, 15) is 8.42 Å². The molecule has 0 bridgehead atoms. The van der Waals surface area contributed by atoms with Gasteiger partial charge in [0.1, 0.15) is 0 Å². The Balaban J connectivity index is 2.91. The summed E-state index contributed by atoms with van der Waals surface area (Å²) < 4.78 is 27.1. The normalized spacial score (nSPS) is 12.3. The molecule has 0 aromatic carbocycles. The lowest BCUT2D eigenvalue weighted by Gasteiger charge is -2.07. The zero-order chi connectivity index (χ0) is 11.6. The predicted molar refractivity (Wildman–Crippen MR) is 66.8 cm³/mol. The van der Waals surface area contributed by atoms with Crippen molar-refractivity contribution >= 4 is 37.3 Å². The van der Waals surface area contributed by atoms with Crippen LogP contribution in [0.4, 0.5) is 0 Å². The molecule has 0 aliphatic rings.